The van der Waals surface area contributed by atoms with Crippen molar-refractivity contribution in [1.29, 1.82) is 0 Å². The largest absolute Gasteiger partial charge is 0.381 e. The first-order valence-corrected chi connectivity index (χ1v) is 7.56. The Balaban J connectivity index is 1.96. The summed E-state index contributed by atoms with van der Waals surface area (Å²) < 4.78 is 5.41. The standard InChI is InChI=1S/C16H20N4O2/c1-10(11-6-8-22-9-7-11)18-14-12-4-2-3-5-13(12)19-20-15(14)16(17)21/h2-5,10-11H,6-9H2,1H3,(H2,17,21)(H,18,19)/t10-/m0/s1. The smallest absolute Gasteiger partial charge is 0.271 e. The number of amides is 1. The number of nitrogens with two attached hydrogens (primary N) is 1. The van der Waals surface area contributed by atoms with E-state index >= 15 is 0 Å². The molecule has 6 heteroatoms. The molecule has 1 aliphatic rings. The summed E-state index contributed by atoms with van der Waals surface area (Å²) in [5.74, 6) is -0.0682. The average molecular weight is 300 g/mol. The summed E-state index contributed by atoms with van der Waals surface area (Å²) in [4.78, 5) is 11.7. The van der Waals surface area contributed by atoms with E-state index in [1.165, 1.54) is 0 Å². The molecule has 0 unspecified atom stereocenters. The lowest BCUT2D eigenvalue weighted by atomic mass is 9.92. The number of rotatable bonds is 4. The molecular weight excluding hydrogens is 280 g/mol. The van der Waals surface area contributed by atoms with Crippen LogP contribution in [-0.4, -0.2) is 35.4 Å². The molecule has 2 aromatic rings. The van der Waals surface area contributed by atoms with Crippen LogP contribution in [-0.2, 0) is 4.74 Å². The second-order valence-corrected chi connectivity index (χ2v) is 5.69. The summed E-state index contributed by atoms with van der Waals surface area (Å²) in [5, 5.41) is 12.4. The number of nitrogens with zero attached hydrogens (tertiary/aromatic N) is 2. The Morgan fingerprint density at radius 1 is 1.32 bits per heavy atom. The van der Waals surface area contributed by atoms with Gasteiger partial charge in [0.25, 0.3) is 5.91 Å². The van der Waals surface area contributed by atoms with Crippen LogP contribution in [0.3, 0.4) is 0 Å². The van der Waals surface area contributed by atoms with Crippen molar-refractivity contribution in [3.8, 4) is 0 Å². The lowest BCUT2D eigenvalue weighted by molar-refractivity contribution is 0.0622. The van der Waals surface area contributed by atoms with Crippen LogP contribution in [0.15, 0.2) is 24.3 Å². The summed E-state index contributed by atoms with van der Waals surface area (Å²) in [6, 6.07) is 7.81. The molecule has 0 radical (unpaired) electrons. The Morgan fingerprint density at radius 3 is 2.77 bits per heavy atom. The van der Waals surface area contributed by atoms with Crippen molar-refractivity contribution in [2.75, 3.05) is 18.5 Å². The maximum absolute atomic E-state index is 11.7. The highest BCUT2D eigenvalue weighted by Crippen LogP contribution is 2.28. The van der Waals surface area contributed by atoms with E-state index < -0.39 is 5.91 Å². The van der Waals surface area contributed by atoms with Gasteiger partial charge in [0, 0.05) is 24.6 Å². The molecule has 1 saturated heterocycles. The van der Waals surface area contributed by atoms with Crippen molar-refractivity contribution >= 4 is 22.5 Å². The van der Waals surface area contributed by atoms with Gasteiger partial charge in [-0.15, -0.1) is 10.2 Å². The van der Waals surface area contributed by atoms with Crippen molar-refractivity contribution in [1.82, 2.24) is 10.2 Å². The molecular formula is C16H20N4O2. The summed E-state index contributed by atoms with van der Waals surface area (Å²) in [5.41, 5.74) is 7.07. The molecule has 6 nitrogen and oxygen atoms in total. The summed E-state index contributed by atoms with van der Waals surface area (Å²) in [6.07, 6.45) is 2.02. The molecule has 1 aliphatic heterocycles. The number of ether oxygens (including phenoxy) is 1. The van der Waals surface area contributed by atoms with E-state index in [0.29, 0.717) is 11.6 Å². The number of hydrogen-bond acceptors (Lipinski definition) is 5. The number of carbonyl (C=O) groups is 1. The maximum Gasteiger partial charge on any atom is 0.271 e. The van der Waals surface area contributed by atoms with Crippen LogP contribution >= 0.6 is 0 Å². The molecule has 1 atom stereocenters. The third-order valence-corrected chi connectivity index (χ3v) is 4.25. The Labute approximate surface area is 129 Å². The van der Waals surface area contributed by atoms with E-state index in [1.807, 2.05) is 24.3 Å². The van der Waals surface area contributed by atoms with E-state index in [9.17, 15) is 4.79 Å². The number of anilines is 1. The highest BCUT2D eigenvalue weighted by Gasteiger charge is 2.23. The van der Waals surface area contributed by atoms with Gasteiger partial charge in [0.15, 0.2) is 5.69 Å². The van der Waals surface area contributed by atoms with Gasteiger partial charge >= 0.3 is 0 Å². The minimum Gasteiger partial charge on any atom is -0.381 e. The molecule has 0 spiro atoms. The van der Waals surface area contributed by atoms with E-state index in [0.717, 1.165) is 37.0 Å². The molecule has 22 heavy (non-hydrogen) atoms. The molecule has 0 aliphatic carbocycles. The third-order valence-electron chi connectivity index (χ3n) is 4.25. The second kappa shape index (κ2) is 6.27. The molecule has 3 rings (SSSR count). The van der Waals surface area contributed by atoms with Gasteiger partial charge in [0.1, 0.15) is 0 Å². The molecule has 116 valence electrons. The number of primary amides is 1. The number of benzene rings is 1. The van der Waals surface area contributed by atoms with E-state index in [-0.39, 0.29) is 11.7 Å². The molecule has 1 amide bonds. The Morgan fingerprint density at radius 2 is 2.05 bits per heavy atom. The van der Waals surface area contributed by atoms with Gasteiger partial charge in [-0.1, -0.05) is 18.2 Å². The fourth-order valence-electron chi connectivity index (χ4n) is 2.93. The Bertz CT molecular complexity index is 683. The van der Waals surface area contributed by atoms with Crippen LogP contribution in [0.1, 0.15) is 30.3 Å². The Hall–Kier alpha value is -2.21. The topological polar surface area (TPSA) is 90.1 Å². The van der Waals surface area contributed by atoms with Crippen molar-refractivity contribution in [2.45, 2.75) is 25.8 Å². The highest BCUT2D eigenvalue weighted by atomic mass is 16.5. The molecule has 0 bridgehead atoms. The summed E-state index contributed by atoms with van der Waals surface area (Å²) in [7, 11) is 0. The fourth-order valence-corrected chi connectivity index (χ4v) is 2.93. The number of carbonyl (C=O) groups excluding carboxylic acids is 1. The first kappa shape index (κ1) is 14.7. The number of fused-ring (bicyclic) bond motifs is 1. The van der Waals surface area contributed by atoms with Gasteiger partial charge in [-0.05, 0) is 31.7 Å². The first-order valence-electron chi connectivity index (χ1n) is 7.56. The van der Waals surface area contributed by atoms with Crippen LogP contribution in [0.2, 0.25) is 0 Å². The van der Waals surface area contributed by atoms with Gasteiger partial charge < -0.3 is 15.8 Å². The van der Waals surface area contributed by atoms with Crippen LogP contribution in [0.5, 0.6) is 0 Å². The third kappa shape index (κ3) is 2.87. The molecule has 0 saturated carbocycles. The monoisotopic (exact) mass is 300 g/mol. The SMILES string of the molecule is C[C@H](Nc1c(C(N)=O)nnc2ccccc12)C1CCOCC1. The van der Waals surface area contributed by atoms with Gasteiger partial charge in [0.05, 0.1) is 11.2 Å². The minimum absolute atomic E-state index is 0.192. The maximum atomic E-state index is 11.7. The quantitative estimate of drug-likeness (QED) is 0.900. The van der Waals surface area contributed by atoms with E-state index in [2.05, 4.69) is 22.4 Å². The van der Waals surface area contributed by atoms with E-state index in [4.69, 9.17) is 10.5 Å². The fraction of sp³-hybridized carbons (Fsp3) is 0.438. The number of hydrogen-bond donors (Lipinski definition) is 2. The molecule has 1 aromatic heterocycles. The second-order valence-electron chi connectivity index (χ2n) is 5.69. The van der Waals surface area contributed by atoms with Crippen molar-refractivity contribution < 1.29 is 9.53 Å². The van der Waals surface area contributed by atoms with Crippen molar-refractivity contribution in [2.24, 2.45) is 11.7 Å². The zero-order valence-corrected chi connectivity index (χ0v) is 12.6. The van der Waals surface area contributed by atoms with Crippen LogP contribution in [0, 0.1) is 5.92 Å². The lowest BCUT2D eigenvalue weighted by Crippen LogP contribution is -2.32. The van der Waals surface area contributed by atoms with Crippen LogP contribution in [0.4, 0.5) is 5.69 Å². The van der Waals surface area contributed by atoms with Crippen molar-refractivity contribution in [3.63, 3.8) is 0 Å². The van der Waals surface area contributed by atoms with E-state index in [1.54, 1.807) is 0 Å². The predicted molar refractivity (Wildman–Crippen MR) is 84.7 cm³/mol. The number of aromatic nitrogens is 2. The zero-order chi connectivity index (χ0) is 15.5. The molecule has 2 heterocycles. The van der Waals surface area contributed by atoms with Gasteiger partial charge in [-0.2, -0.15) is 0 Å². The van der Waals surface area contributed by atoms with Crippen molar-refractivity contribution in [3.05, 3.63) is 30.0 Å². The van der Waals surface area contributed by atoms with Crippen LogP contribution in [0.25, 0.3) is 10.9 Å². The van der Waals surface area contributed by atoms with Gasteiger partial charge in [0.2, 0.25) is 0 Å². The van der Waals surface area contributed by atoms with Gasteiger partial charge in [-0.3, -0.25) is 4.79 Å². The Kier molecular flexibility index (Phi) is 4.20. The lowest BCUT2D eigenvalue weighted by Gasteiger charge is -2.29. The summed E-state index contributed by atoms with van der Waals surface area (Å²) >= 11 is 0. The molecule has 1 fully saturated rings. The predicted octanol–water partition coefficient (Wildman–Crippen LogP) is 1.96. The van der Waals surface area contributed by atoms with Gasteiger partial charge in [-0.25, -0.2) is 0 Å². The summed E-state index contributed by atoms with van der Waals surface area (Å²) in [6.45, 7) is 3.69. The minimum atomic E-state index is -0.570. The highest BCUT2D eigenvalue weighted by molar-refractivity contribution is 6.04. The van der Waals surface area contributed by atoms with Crippen LogP contribution < -0.4 is 11.1 Å². The zero-order valence-electron chi connectivity index (χ0n) is 12.6. The normalized spacial score (nSPS) is 17.3. The molecule has 1 aromatic carbocycles. The number of nitrogens with one attached hydrogen (secondary N) is 1. The average Bonchev–Trinajstić information content (AvgIpc) is 2.55. The molecule has 3 N–H and O–H groups in total. The first-order chi connectivity index (χ1) is 10.7.